The van der Waals surface area contributed by atoms with Gasteiger partial charge in [0.1, 0.15) is 17.9 Å². The second-order valence-electron chi connectivity index (χ2n) is 12.2. The summed E-state index contributed by atoms with van der Waals surface area (Å²) in [5.74, 6) is -0.759. The summed E-state index contributed by atoms with van der Waals surface area (Å²) in [6.07, 6.45) is 0.0387. The number of hydrogen-bond acceptors (Lipinski definition) is 9. The predicted octanol–water partition coefficient (Wildman–Crippen LogP) is 3.47. The molecular formula is C33H32F3N7O6. The highest BCUT2D eigenvalue weighted by molar-refractivity contribution is 5.95. The highest BCUT2D eigenvalue weighted by atomic mass is 19.4. The Hall–Kier alpha value is -5.09. The summed E-state index contributed by atoms with van der Waals surface area (Å²) in [4.78, 5) is 51.4. The summed E-state index contributed by atoms with van der Waals surface area (Å²) >= 11 is 0. The molecule has 1 saturated heterocycles. The standard InChI is InChI=1S/C33H32F3N7O6/c1-19-17-21(33(34,35)36)4-5-22(19)38-25(45)18-42-23-8-16-49-32(9-12-41(13-10-32)30(47)27-24(44)3-2-11-37-27)26(23)29(46)43-31(42)39-28(40-43)20-6-14-48-15-7-20/h2-6,11,17,44H,7-10,12-16,18H2,1H3,(H,38,45). The van der Waals surface area contributed by atoms with Crippen LogP contribution in [0.25, 0.3) is 11.4 Å². The van der Waals surface area contributed by atoms with E-state index in [0.717, 1.165) is 17.7 Å². The number of rotatable bonds is 5. The van der Waals surface area contributed by atoms with Gasteiger partial charge in [0, 0.05) is 37.1 Å². The summed E-state index contributed by atoms with van der Waals surface area (Å²) in [5, 5.41) is 17.5. The fraction of sp³-hybridized carbons (Fsp3) is 0.394. The molecule has 4 aromatic rings. The second-order valence-corrected chi connectivity index (χ2v) is 12.2. The molecule has 1 fully saturated rings. The van der Waals surface area contributed by atoms with Gasteiger partial charge in [-0.1, -0.05) is 6.08 Å². The molecule has 6 heterocycles. The van der Waals surface area contributed by atoms with E-state index >= 15 is 0 Å². The van der Waals surface area contributed by atoms with Crippen LogP contribution in [0.2, 0.25) is 0 Å². The van der Waals surface area contributed by atoms with E-state index in [4.69, 9.17) is 14.5 Å². The molecular weight excluding hydrogens is 647 g/mol. The summed E-state index contributed by atoms with van der Waals surface area (Å²) in [6, 6.07) is 5.99. The maximum atomic E-state index is 14.3. The predicted molar refractivity (Wildman–Crippen MR) is 168 cm³/mol. The lowest BCUT2D eigenvalue weighted by molar-refractivity contribution is -0.137. The van der Waals surface area contributed by atoms with Crippen molar-refractivity contribution in [3.8, 4) is 5.75 Å². The zero-order valence-corrected chi connectivity index (χ0v) is 26.4. The SMILES string of the molecule is Cc1cc(C(F)(F)F)ccc1NC(=O)Cn1c2c(c(=O)n3nc(C4=CCOCC4)nc13)C1(CCN(C(=O)c3ncccc3O)CC1)OCC2. The number of likely N-dealkylation sites (tertiary alicyclic amines) is 1. The Morgan fingerprint density at radius 1 is 1.12 bits per heavy atom. The van der Waals surface area contributed by atoms with Crippen molar-refractivity contribution in [3.05, 3.63) is 86.9 Å². The van der Waals surface area contributed by atoms with Gasteiger partial charge < -0.3 is 29.4 Å². The molecule has 2 amide bonds. The lowest BCUT2D eigenvalue weighted by atomic mass is 9.81. The van der Waals surface area contributed by atoms with Crippen molar-refractivity contribution in [1.82, 2.24) is 29.0 Å². The van der Waals surface area contributed by atoms with Crippen LogP contribution < -0.4 is 10.9 Å². The number of aromatic hydroxyl groups is 1. The van der Waals surface area contributed by atoms with E-state index in [1.54, 1.807) is 9.47 Å². The average Bonchev–Trinajstić information content (AvgIpc) is 3.54. The van der Waals surface area contributed by atoms with Gasteiger partial charge in [-0.3, -0.25) is 14.4 Å². The number of amides is 2. The Labute approximate surface area is 277 Å². The van der Waals surface area contributed by atoms with Gasteiger partial charge in [-0.25, -0.2) is 4.98 Å². The second kappa shape index (κ2) is 12.4. The van der Waals surface area contributed by atoms with Crippen LogP contribution in [0.1, 0.15) is 58.0 Å². The Morgan fingerprint density at radius 2 is 1.92 bits per heavy atom. The normalized spacial score (nSPS) is 17.6. The van der Waals surface area contributed by atoms with E-state index in [0.29, 0.717) is 36.7 Å². The van der Waals surface area contributed by atoms with E-state index in [1.165, 1.54) is 35.8 Å². The summed E-state index contributed by atoms with van der Waals surface area (Å²) in [5.41, 5.74) is -0.360. The van der Waals surface area contributed by atoms with Crippen LogP contribution in [0.5, 0.6) is 5.75 Å². The van der Waals surface area contributed by atoms with Crippen LogP contribution >= 0.6 is 0 Å². The van der Waals surface area contributed by atoms with Crippen LogP contribution in [0.3, 0.4) is 0 Å². The number of pyridine rings is 1. The maximum absolute atomic E-state index is 14.3. The number of nitrogens with one attached hydrogen (secondary N) is 1. The lowest BCUT2D eigenvalue weighted by Gasteiger charge is -2.44. The molecule has 2 N–H and O–H groups in total. The number of anilines is 1. The third-order valence-electron chi connectivity index (χ3n) is 9.25. The van der Waals surface area contributed by atoms with Crippen molar-refractivity contribution in [3.63, 3.8) is 0 Å². The van der Waals surface area contributed by atoms with Gasteiger partial charge in [-0.15, -0.1) is 5.10 Å². The molecule has 256 valence electrons. The number of piperidine rings is 1. The molecule has 16 heteroatoms. The molecule has 3 aliphatic rings. The van der Waals surface area contributed by atoms with Gasteiger partial charge in [-0.2, -0.15) is 22.7 Å². The van der Waals surface area contributed by atoms with Crippen molar-refractivity contribution < 1.29 is 37.3 Å². The van der Waals surface area contributed by atoms with Gasteiger partial charge >= 0.3 is 6.18 Å². The molecule has 0 aliphatic carbocycles. The quantitative estimate of drug-likeness (QED) is 0.323. The highest BCUT2D eigenvalue weighted by Gasteiger charge is 2.46. The highest BCUT2D eigenvalue weighted by Crippen LogP contribution is 2.41. The molecule has 0 bridgehead atoms. The minimum Gasteiger partial charge on any atom is -0.505 e. The number of halogens is 3. The molecule has 0 radical (unpaired) electrons. The number of aryl methyl sites for hydroxylation is 1. The van der Waals surface area contributed by atoms with E-state index < -0.39 is 34.7 Å². The average molecular weight is 680 g/mol. The van der Waals surface area contributed by atoms with Crippen LogP contribution in [0.4, 0.5) is 18.9 Å². The number of alkyl halides is 3. The first kappa shape index (κ1) is 32.5. The molecule has 3 aliphatic heterocycles. The lowest BCUT2D eigenvalue weighted by Crippen LogP contribution is -2.52. The number of ether oxygens (including phenoxy) is 2. The summed E-state index contributed by atoms with van der Waals surface area (Å²) in [7, 11) is 0. The number of aromatic nitrogens is 5. The number of fused-ring (bicyclic) bond motifs is 3. The van der Waals surface area contributed by atoms with E-state index in [1.807, 2.05) is 6.08 Å². The molecule has 1 aromatic carbocycles. The van der Waals surface area contributed by atoms with Crippen molar-refractivity contribution in [2.75, 3.05) is 38.2 Å². The fourth-order valence-corrected chi connectivity index (χ4v) is 6.76. The Balaban J connectivity index is 1.26. The number of hydrogen-bond donors (Lipinski definition) is 2. The van der Waals surface area contributed by atoms with Crippen molar-refractivity contribution in [1.29, 1.82) is 0 Å². The molecule has 7 rings (SSSR count). The molecule has 3 aromatic heterocycles. The Morgan fingerprint density at radius 3 is 2.61 bits per heavy atom. The van der Waals surface area contributed by atoms with Crippen LogP contribution in [0, 0.1) is 6.92 Å². The topological polar surface area (TPSA) is 153 Å². The molecule has 0 atom stereocenters. The van der Waals surface area contributed by atoms with Crippen LogP contribution in [0.15, 0.2) is 47.4 Å². The van der Waals surface area contributed by atoms with E-state index in [9.17, 15) is 32.7 Å². The minimum atomic E-state index is -4.53. The smallest absolute Gasteiger partial charge is 0.416 e. The Kier molecular flexibility index (Phi) is 8.22. The first-order valence-corrected chi connectivity index (χ1v) is 15.8. The first-order chi connectivity index (χ1) is 23.4. The summed E-state index contributed by atoms with van der Waals surface area (Å²) < 4.78 is 54.3. The molecule has 0 saturated carbocycles. The first-order valence-electron chi connectivity index (χ1n) is 15.8. The largest absolute Gasteiger partial charge is 0.505 e. The van der Waals surface area contributed by atoms with Gasteiger partial charge in [0.05, 0.1) is 30.9 Å². The van der Waals surface area contributed by atoms with E-state index in [-0.39, 0.29) is 74.0 Å². The third-order valence-corrected chi connectivity index (χ3v) is 9.25. The molecule has 0 unspecified atom stereocenters. The van der Waals surface area contributed by atoms with Gasteiger partial charge in [0.2, 0.25) is 11.7 Å². The van der Waals surface area contributed by atoms with Gasteiger partial charge in [0.15, 0.2) is 11.5 Å². The van der Waals surface area contributed by atoms with Crippen molar-refractivity contribution in [2.45, 2.75) is 50.9 Å². The summed E-state index contributed by atoms with van der Waals surface area (Å²) in [6.45, 7) is 2.61. The number of benzene rings is 1. The molecule has 49 heavy (non-hydrogen) atoms. The number of carbonyl (C=O) groups excluding carboxylic acids is 2. The number of nitrogens with zero attached hydrogens (tertiary/aromatic N) is 6. The van der Waals surface area contributed by atoms with Crippen LogP contribution in [-0.4, -0.2) is 78.9 Å². The van der Waals surface area contributed by atoms with Gasteiger partial charge in [-0.05, 0) is 67.7 Å². The zero-order chi connectivity index (χ0) is 34.5. The molecule has 13 nitrogen and oxygen atoms in total. The zero-order valence-electron chi connectivity index (χ0n) is 26.4. The number of carbonyl (C=O) groups is 2. The van der Waals surface area contributed by atoms with Crippen molar-refractivity contribution in [2.24, 2.45) is 0 Å². The molecule has 1 spiro atoms. The van der Waals surface area contributed by atoms with Crippen molar-refractivity contribution >= 4 is 28.9 Å². The minimum absolute atomic E-state index is 0.0701. The van der Waals surface area contributed by atoms with Gasteiger partial charge in [0.25, 0.3) is 11.5 Å². The van der Waals surface area contributed by atoms with Crippen LogP contribution in [-0.2, 0) is 39.0 Å². The Bertz CT molecular complexity index is 2060. The fourth-order valence-electron chi connectivity index (χ4n) is 6.76. The van der Waals surface area contributed by atoms with E-state index in [2.05, 4.69) is 15.4 Å². The maximum Gasteiger partial charge on any atom is 0.416 e. The third kappa shape index (κ3) is 5.94. The monoisotopic (exact) mass is 679 g/mol.